The van der Waals surface area contributed by atoms with Crippen LogP contribution in [0.1, 0.15) is 38.3 Å². The smallest absolute Gasteiger partial charge is 0.246 e. The predicted molar refractivity (Wildman–Crippen MR) is 70.6 cm³/mol. The van der Waals surface area contributed by atoms with E-state index >= 15 is 0 Å². The second-order valence-electron chi connectivity index (χ2n) is 5.41. The molecule has 2 saturated heterocycles. The van der Waals surface area contributed by atoms with E-state index in [4.69, 9.17) is 4.42 Å². The normalized spacial score (nSPS) is 26.3. The van der Waals surface area contributed by atoms with Gasteiger partial charge >= 0.3 is 0 Å². The Morgan fingerprint density at radius 3 is 2.90 bits per heavy atom. The van der Waals surface area contributed by atoms with Gasteiger partial charge in [0, 0.05) is 13.0 Å². The number of piperazine rings is 1. The van der Waals surface area contributed by atoms with Crippen LogP contribution in [0.5, 0.6) is 0 Å². The topological polar surface area (TPSA) is 66.7 Å². The molecule has 3 rings (SSSR count). The molecule has 2 atom stereocenters. The van der Waals surface area contributed by atoms with E-state index in [1.165, 1.54) is 0 Å². The van der Waals surface area contributed by atoms with E-state index in [0.29, 0.717) is 12.4 Å². The number of aromatic nitrogens is 1. The molecule has 2 aliphatic heterocycles. The van der Waals surface area contributed by atoms with E-state index in [0.717, 1.165) is 25.0 Å². The number of aryl methyl sites for hydroxylation is 1. The van der Waals surface area contributed by atoms with Gasteiger partial charge < -0.3 is 14.2 Å². The average molecular weight is 277 g/mol. The summed E-state index contributed by atoms with van der Waals surface area (Å²) < 4.78 is 5.55. The minimum Gasteiger partial charge on any atom is -0.444 e. The molecule has 1 aromatic heterocycles. The maximum absolute atomic E-state index is 12.5. The monoisotopic (exact) mass is 277 g/mol. The zero-order chi connectivity index (χ0) is 14.3. The molecule has 0 spiro atoms. The van der Waals surface area contributed by atoms with E-state index in [1.54, 1.807) is 22.9 Å². The first kappa shape index (κ1) is 13.1. The minimum absolute atomic E-state index is 0.0193. The molecule has 6 nitrogen and oxygen atoms in total. The number of amides is 2. The number of carbonyl (C=O) groups is 2. The van der Waals surface area contributed by atoms with Gasteiger partial charge in [-0.15, -0.1) is 0 Å². The zero-order valence-corrected chi connectivity index (χ0v) is 11.8. The summed E-state index contributed by atoms with van der Waals surface area (Å²) in [7, 11) is 0. The summed E-state index contributed by atoms with van der Waals surface area (Å²) >= 11 is 0. The number of carbonyl (C=O) groups excluding carboxylic acids is 2. The Kier molecular flexibility index (Phi) is 3.23. The number of hydrogen-bond acceptors (Lipinski definition) is 4. The summed E-state index contributed by atoms with van der Waals surface area (Å²) in [4.78, 5) is 32.3. The molecule has 2 aliphatic rings. The van der Waals surface area contributed by atoms with Crippen LogP contribution in [-0.2, 0) is 22.6 Å². The molecule has 2 fully saturated rings. The van der Waals surface area contributed by atoms with Crippen molar-refractivity contribution in [3.05, 3.63) is 17.8 Å². The van der Waals surface area contributed by atoms with Crippen LogP contribution in [0.4, 0.5) is 0 Å². The molecule has 2 amide bonds. The van der Waals surface area contributed by atoms with Crippen molar-refractivity contribution >= 4 is 11.8 Å². The van der Waals surface area contributed by atoms with Gasteiger partial charge in [-0.2, -0.15) is 0 Å². The first-order chi connectivity index (χ1) is 9.61. The van der Waals surface area contributed by atoms with Crippen LogP contribution in [0.15, 0.2) is 10.6 Å². The molecule has 0 aromatic carbocycles. The van der Waals surface area contributed by atoms with Crippen molar-refractivity contribution < 1.29 is 14.0 Å². The van der Waals surface area contributed by atoms with Gasteiger partial charge in [0.05, 0.1) is 12.7 Å². The molecule has 20 heavy (non-hydrogen) atoms. The molecule has 108 valence electrons. The molecule has 0 aliphatic carbocycles. The highest BCUT2D eigenvalue weighted by Crippen LogP contribution is 2.27. The molecular formula is C14H19N3O3. The van der Waals surface area contributed by atoms with Crippen molar-refractivity contribution in [2.24, 2.45) is 0 Å². The van der Waals surface area contributed by atoms with Gasteiger partial charge in [0.25, 0.3) is 0 Å². The van der Waals surface area contributed by atoms with Gasteiger partial charge in [-0.1, -0.05) is 6.92 Å². The number of rotatable bonds is 3. The maximum Gasteiger partial charge on any atom is 0.246 e. The Morgan fingerprint density at radius 1 is 1.40 bits per heavy atom. The van der Waals surface area contributed by atoms with Crippen LogP contribution in [0.3, 0.4) is 0 Å². The van der Waals surface area contributed by atoms with Crippen LogP contribution >= 0.6 is 0 Å². The van der Waals surface area contributed by atoms with Crippen molar-refractivity contribution in [3.8, 4) is 0 Å². The van der Waals surface area contributed by atoms with E-state index in [-0.39, 0.29) is 24.4 Å². The summed E-state index contributed by atoms with van der Waals surface area (Å²) in [6.45, 7) is 4.74. The van der Waals surface area contributed by atoms with E-state index in [1.807, 2.05) is 6.92 Å². The third kappa shape index (κ3) is 1.99. The highest BCUT2D eigenvalue weighted by atomic mass is 16.4. The third-order valence-electron chi connectivity index (χ3n) is 4.18. The Bertz CT molecular complexity index is 540. The number of hydrogen-bond donors (Lipinski definition) is 0. The molecular weight excluding hydrogens is 258 g/mol. The fourth-order valence-electron chi connectivity index (χ4n) is 2.99. The van der Waals surface area contributed by atoms with Crippen LogP contribution in [0.2, 0.25) is 0 Å². The van der Waals surface area contributed by atoms with Gasteiger partial charge in [0.2, 0.25) is 17.7 Å². The van der Waals surface area contributed by atoms with Gasteiger partial charge in [-0.25, -0.2) is 4.98 Å². The van der Waals surface area contributed by atoms with Crippen molar-refractivity contribution in [2.75, 3.05) is 6.54 Å². The number of oxazole rings is 1. The zero-order valence-electron chi connectivity index (χ0n) is 11.8. The molecule has 3 heterocycles. The molecule has 2 unspecified atom stereocenters. The summed E-state index contributed by atoms with van der Waals surface area (Å²) in [5.41, 5.74) is 0. The van der Waals surface area contributed by atoms with Crippen molar-refractivity contribution in [1.82, 2.24) is 14.8 Å². The van der Waals surface area contributed by atoms with Crippen molar-refractivity contribution in [2.45, 2.75) is 51.7 Å². The van der Waals surface area contributed by atoms with Crippen LogP contribution in [0.25, 0.3) is 0 Å². The highest BCUT2D eigenvalue weighted by molar-refractivity contribution is 5.97. The molecule has 0 radical (unpaired) electrons. The first-order valence-corrected chi connectivity index (χ1v) is 7.16. The summed E-state index contributed by atoms with van der Waals surface area (Å²) in [6, 6.07) is -0.715. The second-order valence-corrected chi connectivity index (χ2v) is 5.41. The lowest BCUT2D eigenvalue weighted by atomic mass is 10.1. The van der Waals surface area contributed by atoms with E-state index in [9.17, 15) is 9.59 Å². The number of fused-ring (bicyclic) bond motifs is 1. The lowest BCUT2D eigenvalue weighted by molar-refractivity contribution is -0.159. The van der Waals surface area contributed by atoms with Gasteiger partial charge in [-0.3, -0.25) is 9.59 Å². The van der Waals surface area contributed by atoms with Gasteiger partial charge in [0.1, 0.15) is 17.8 Å². The standard InChI is InChI=1S/C14H19N3O3/c1-3-10-7-15-12(20-10)8-17-9(2)13(18)16-6-4-5-11(16)14(17)19/h7,9,11H,3-6,8H2,1-2H3. The van der Waals surface area contributed by atoms with Gasteiger partial charge in [0.15, 0.2) is 0 Å². The molecule has 6 heteroatoms. The summed E-state index contributed by atoms with van der Waals surface area (Å²) in [5.74, 6) is 1.35. The second kappa shape index (κ2) is 4.92. The average Bonchev–Trinajstić information content (AvgIpc) is 3.10. The van der Waals surface area contributed by atoms with Crippen molar-refractivity contribution in [1.29, 1.82) is 0 Å². The first-order valence-electron chi connectivity index (χ1n) is 7.16. The fourth-order valence-corrected chi connectivity index (χ4v) is 2.99. The molecule has 0 saturated carbocycles. The third-order valence-corrected chi connectivity index (χ3v) is 4.18. The summed E-state index contributed by atoms with van der Waals surface area (Å²) in [6.07, 6.45) is 4.12. The fraction of sp³-hybridized carbons (Fsp3) is 0.643. The Labute approximate surface area is 117 Å². The Hall–Kier alpha value is -1.85. The number of nitrogens with zero attached hydrogens (tertiary/aromatic N) is 3. The minimum atomic E-state index is -0.436. The molecule has 0 N–H and O–H groups in total. The van der Waals surface area contributed by atoms with Crippen LogP contribution in [0, 0.1) is 0 Å². The Morgan fingerprint density at radius 2 is 2.20 bits per heavy atom. The Balaban J connectivity index is 1.80. The highest BCUT2D eigenvalue weighted by Gasteiger charge is 2.46. The largest absolute Gasteiger partial charge is 0.444 e. The molecule has 0 bridgehead atoms. The van der Waals surface area contributed by atoms with E-state index < -0.39 is 6.04 Å². The maximum atomic E-state index is 12.5. The van der Waals surface area contributed by atoms with E-state index in [2.05, 4.69) is 4.98 Å². The lowest BCUT2D eigenvalue weighted by Crippen LogP contribution is -2.61. The van der Waals surface area contributed by atoms with Crippen LogP contribution in [-0.4, -0.2) is 45.2 Å². The van der Waals surface area contributed by atoms with Crippen molar-refractivity contribution in [3.63, 3.8) is 0 Å². The summed E-state index contributed by atoms with van der Waals surface area (Å²) in [5, 5.41) is 0. The predicted octanol–water partition coefficient (Wildman–Crippen LogP) is 0.959. The molecule has 1 aromatic rings. The quantitative estimate of drug-likeness (QED) is 0.825. The van der Waals surface area contributed by atoms with Crippen LogP contribution < -0.4 is 0 Å². The van der Waals surface area contributed by atoms with Gasteiger partial charge in [-0.05, 0) is 19.8 Å². The SMILES string of the molecule is CCc1cnc(CN2C(=O)C3CCCN3C(=O)C2C)o1. The lowest BCUT2D eigenvalue weighted by Gasteiger charge is -2.40.